The first-order chi connectivity index (χ1) is 9.49. The highest BCUT2D eigenvalue weighted by atomic mass is 79.9. The van der Waals surface area contributed by atoms with Gasteiger partial charge in [0.25, 0.3) is 5.91 Å². The van der Waals surface area contributed by atoms with Gasteiger partial charge in [-0.25, -0.2) is 4.79 Å². The van der Waals surface area contributed by atoms with Crippen LogP contribution in [0.1, 0.15) is 22.2 Å². The van der Waals surface area contributed by atoms with Crippen LogP contribution in [-0.4, -0.2) is 31.4 Å². The first-order valence-electron chi connectivity index (χ1n) is 6.08. The first-order valence-corrected chi connectivity index (χ1v) is 6.87. The summed E-state index contributed by atoms with van der Waals surface area (Å²) in [7, 11) is 1.66. The third kappa shape index (κ3) is 1.92. The molecule has 7 nitrogen and oxygen atoms in total. The predicted molar refractivity (Wildman–Crippen MR) is 74.4 cm³/mol. The molecular formula is C12H13BrN4O3. The molecule has 0 saturated carbocycles. The van der Waals surface area contributed by atoms with Gasteiger partial charge in [0.2, 0.25) is 0 Å². The standard InChI is InChI=1S/C12H13BrN4O3/c1-16-6(5-14-12(16)20)4-8-11(19)15-10(18)7-2-3-9(13)17(7)8/h2-3,5,8,11,19H,4H2,1H3,(H,14,20)(H,15,18)/t8-,11?/m1/s1. The molecular weight excluding hydrogens is 328 g/mol. The molecule has 2 aromatic rings. The number of aromatic nitrogens is 3. The Bertz CT molecular complexity index is 729. The number of fused-ring (bicyclic) bond motifs is 1. The molecule has 106 valence electrons. The van der Waals surface area contributed by atoms with Gasteiger partial charge in [0, 0.05) is 25.4 Å². The fourth-order valence-electron chi connectivity index (χ4n) is 2.47. The second-order valence-electron chi connectivity index (χ2n) is 4.75. The van der Waals surface area contributed by atoms with E-state index in [1.807, 2.05) is 0 Å². The number of halogens is 1. The minimum absolute atomic E-state index is 0.207. The number of hydrogen-bond donors (Lipinski definition) is 3. The highest BCUT2D eigenvalue weighted by molar-refractivity contribution is 9.10. The van der Waals surface area contributed by atoms with E-state index in [9.17, 15) is 14.7 Å². The molecule has 0 radical (unpaired) electrons. The number of aliphatic hydroxyl groups excluding tert-OH is 1. The molecule has 2 aromatic heterocycles. The molecule has 0 spiro atoms. The zero-order valence-electron chi connectivity index (χ0n) is 10.6. The Hall–Kier alpha value is -1.80. The number of hydrogen-bond acceptors (Lipinski definition) is 3. The van der Waals surface area contributed by atoms with E-state index in [0.29, 0.717) is 16.7 Å². The summed E-state index contributed by atoms with van der Waals surface area (Å²) in [6.07, 6.45) is 1.02. The van der Waals surface area contributed by atoms with Crippen LogP contribution in [0, 0.1) is 0 Å². The van der Waals surface area contributed by atoms with E-state index < -0.39 is 6.23 Å². The van der Waals surface area contributed by atoms with E-state index in [0.717, 1.165) is 5.69 Å². The molecule has 1 amide bonds. The number of aromatic amines is 1. The van der Waals surface area contributed by atoms with Crippen molar-refractivity contribution in [1.82, 2.24) is 19.4 Å². The van der Waals surface area contributed by atoms with Crippen molar-refractivity contribution in [1.29, 1.82) is 0 Å². The number of nitrogens with zero attached hydrogens (tertiary/aromatic N) is 2. The predicted octanol–water partition coefficient (Wildman–Crippen LogP) is 0.123. The van der Waals surface area contributed by atoms with E-state index >= 15 is 0 Å². The smallest absolute Gasteiger partial charge is 0.325 e. The van der Waals surface area contributed by atoms with Gasteiger partial charge in [0.15, 0.2) is 0 Å². The molecule has 0 aliphatic carbocycles. The molecule has 0 saturated heterocycles. The van der Waals surface area contributed by atoms with Crippen LogP contribution in [0.5, 0.6) is 0 Å². The third-order valence-electron chi connectivity index (χ3n) is 3.59. The molecule has 2 atom stereocenters. The Kier molecular flexibility index (Phi) is 3.06. The summed E-state index contributed by atoms with van der Waals surface area (Å²) in [6.45, 7) is 0. The van der Waals surface area contributed by atoms with E-state index in [1.54, 1.807) is 29.9 Å². The van der Waals surface area contributed by atoms with E-state index in [4.69, 9.17) is 0 Å². The Morgan fingerprint density at radius 1 is 1.40 bits per heavy atom. The largest absolute Gasteiger partial charge is 0.371 e. The summed E-state index contributed by atoms with van der Waals surface area (Å²) in [5, 5.41) is 12.6. The van der Waals surface area contributed by atoms with Gasteiger partial charge in [0.05, 0.1) is 10.6 Å². The summed E-state index contributed by atoms with van der Waals surface area (Å²) in [6, 6.07) is 3.07. The summed E-state index contributed by atoms with van der Waals surface area (Å²) in [4.78, 5) is 25.8. The second-order valence-corrected chi connectivity index (χ2v) is 5.56. The normalized spacial score (nSPS) is 21.6. The van der Waals surface area contributed by atoms with Gasteiger partial charge >= 0.3 is 5.69 Å². The fraction of sp³-hybridized carbons (Fsp3) is 0.333. The molecule has 1 aliphatic rings. The number of H-pyrrole nitrogens is 1. The average molecular weight is 341 g/mol. The molecule has 0 fully saturated rings. The maximum Gasteiger partial charge on any atom is 0.325 e. The molecule has 3 N–H and O–H groups in total. The maximum atomic E-state index is 11.8. The van der Waals surface area contributed by atoms with Gasteiger partial charge in [-0.1, -0.05) is 0 Å². The monoisotopic (exact) mass is 340 g/mol. The lowest BCUT2D eigenvalue weighted by molar-refractivity contribution is 0.0473. The third-order valence-corrected chi connectivity index (χ3v) is 4.24. The number of carbonyl (C=O) groups excluding carboxylic acids is 1. The molecule has 1 unspecified atom stereocenters. The SMILES string of the molecule is Cn1c(C[C@@H]2C(O)NC(=O)c3ccc(Br)n32)c[nH]c1=O. The molecule has 8 heteroatoms. The van der Waals surface area contributed by atoms with E-state index in [1.165, 1.54) is 4.57 Å². The summed E-state index contributed by atoms with van der Waals surface area (Å²) in [5.74, 6) is -0.317. The van der Waals surface area contributed by atoms with E-state index in [2.05, 4.69) is 26.2 Å². The zero-order chi connectivity index (χ0) is 14.4. The van der Waals surface area contributed by atoms with E-state index in [-0.39, 0.29) is 17.6 Å². The van der Waals surface area contributed by atoms with Crippen molar-refractivity contribution < 1.29 is 9.90 Å². The van der Waals surface area contributed by atoms with Crippen molar-refractivity contribution in [3.8, 4) is 0 Å². The van der Waals surface area contributed by atoms with Crippen LogP contribution < -0.4 is 11.0 Å². The van der Waals surface area contributed by atoms with Crippen LogP contribution in [-0.2, 0) is 13.5 Å². The van der Waals surface area contributed by atoms with Gasteiger partial charge in [-0.2, -0.15) is 0 Å². The Morgan fingerprint density at radius 2 is 2.15 bits per heavy atom. The van der Waals surface area contributed by atoms with Crippen LogP contribution in [0.4, 0.5) is 0 Å². The van der Waals surface area contributed by atoms with Crippen molar-refractivity contribution in [2.75, 3.05) is 0 Å². The second kappa shape index (κ2) is 4.64. The van der Waals surface area contributed by atoms with Crippen LogP contribution in [0.2, 0.25) is 0 Å². The first kappa shape index (κ1) is 13.2. The van der Waals surface area contributed by atoms with Crippen molar-refractivity contribution in [2.45, 2.75) is 18.7 Å². The van der Waals surface area contributed by atoms with Crippen LogP contribution in [0.3, 0.4) is 0 Å². The zero-order valence-corrected chi connectivity index (χ0v) is 12.2. The molecule has 3 rings (SSSR count). The molecule has 0 aromatic carbocycles. The van der Waals surface area contributed by atoms with Crippen molar-refractivity contribution >= 4 is 21.8 Å². The van der Waals surface area contributed by atoms with Crippen molar-refractivity contribution in [3.05, 3.63) is 44.8 Å². The quantitative estimate of drug-likeness (QED) is 0.725. The Balaban J connectivity index is 2.02. The summed E-state index contributed by atoms with van der Waals surface area (Å²) >= 11 is 3.38. The van der Waals surface area contributed by atoms with Crippen LogP contribution in [0.25, 0.3) is 0 Å². The van der Waals surface area contributed by atoms with Gasteiger partial charge in [-0.05, 0) is 28.1 Å². The van der Waals surface area contributed by atoms with Crippen LogP contribution in [0.15, 0.2) is 27.7 Å². The Morgan fingerprint density at radius 3 is 2.80 bits per heavy atom. The topological polar surface area (TPSA) is 92.0 Å². The highest BCUT2D eigenvalue weighted by Crippen LogP contribution is 2.29. The van der Waals surface area contributed by atoms with Gasteiger partial charge in [0.1, 0.15) is 11.9 Å². The van der Waals surface area contributed by atoms with Gasteiger partial charge in [-0.15, -0.1) is 0 Å². The molecule has 1 aliphatic heterocycles. The minimum Gasteiger partial charge on any atom is -0.371 e. The van der Waals surface area contributed by atoms with Crippen LogP contribution >= 0.6 is 15.9 Å². The highest BCUT2D eigenvalue weighted by Gasteiger charge is 2.33. The van der Waals surface area contributed by atoms with Gasteiger partial charge < -0.3 is 20.0 Å². The lowest BCUT2D eigenvalue weighted by Crippen LogP contribution is -2.48. The molecule has 0 bridgehead atoms. The number of rotatable bonds is 2. The lowest BCUT2D eigenvalue weighted by Gasteiger charge is -2.32. The average Bonchev–Trinajstić information content (AvgIpc) is 2.92. The number of carbonyl (C=O) groups is 1. The number of nitrogens with one attached hydrogen (secondary N) is 2. The van der Waals surface area contributed by atoms with Crippen molar-refractivity contribution in [2.24, 2.45) is 7.05 Å². The molecule has 20 heavy (non-hydrogen) atoms. The summed E-state index contributed by atoms with van der Waals surface area (Å²) in [5.41, 5.74) is 1.02. The number of aliphatic hydroxyl groups is 1. The summed E-state index contributed by atoms with van der Waals surface area (Å²) < 4.78 is 3.94. The number of imidazole rings is 1. The minimum atomic E-state index is -1.01. The van der Waals surface area contributed by atoms with Gasteiger partial charge in [-0.3, -0.25) is 9.36 Å². The lowest BCUT2D eigenvalue weighted by atomic mass is 10.1. The molecule has 3 heterocycles. The maximum absolute atomic E-state index is 11.8. The Labute approximate surface area is 122 Å². The number of amides is 1. The van der Waals surface area contributed by atoms with Crippen molar-refractivity contribution in [3.63, 3.8) is 0 Å². The fourth-order valence-corrected chi connectivity index (χ4v) is 3.06.